The van der Waals surface area contributed by atoms with E-state index in [4.69, 9.17) is 0 Å². The van der Waals surface area contributed by atoms with Crippen molar-refractivity contribution in [2.75, 3.05) is 0 Å². The van der Waals surface area contributed by atoms with Crippen molar-refractivity contribution in [1.29, 1.82) is 0 Å². The lowest BCUT2D eigenvalue weighted by Crippen LogP contribution is -2.37. The minimum absolute atomic E-state index is 0.0943. The molecular formula is C12H16F2N2O. The first-order valence-electron chi connectivity index (χ1n) is 5.58. The van der Waals surface area contributed by atoms with E-state index in [1.807, 2.05) is 20.8 Å². The highest BCUT2D eigenvalue weighted by molar-refractivity contribution is 5.94. The van der Waals surface area contributed by atoms with E-state index in [1.165, 1.54) is 0 Å². The van der Waals surface area contributed by atoms with Gasteiger partial charge in [-0.05, 0) is 18.9 Å². The molecule has 1 heterocycles. The Morgan fingerprint density at radius 2 is 2.12 bits per heavy atom. The molecule has 0 aliphatic heterocycles. The average Bonchev–Trinajstić information content (AvgIpc) is 2.31. The summed E-state index contributed by atoms with van der Waals surface area (Å²) in [4.78, 5) is 14.8. The van der Waals surface area contributed by atoms with Gasteiger partial charge in [-0.2, -0.15) is 4.39 Å². The molecule has 3 nitrogen and oxygen atoms in total. The lowest BCUT2D eigenvalue weighted by atomic mass is 10.0. The van der Waals surface area contributed by atoms with Crippen LogP contribution in [0.2, 0.25) is 0 Å². The maximum atomic E-state index is 13.3. The third-order valence-electron chi connectivity index (χ3n) is 2.95. The van der Waals surface area contributed by atoms with Crippen LogP contribution in [-0.4, -0.2) is 16.9 Å². The van der Waals surface area contributed by atoms with E-state index in [1.54, 1.807) is 0 Å². The quantitative estimate of drug-likeness (QED) is 0.824. The molecule has 1 amide bonds. The van der Waals surface area contributed by atoms with Crippen molar-refractivity contribution in [2.45, 2.75) is 33.2 Å². The Hall–Kier alpha value is -1.52. The SMILES string of the molecule is CCC(C)C(C)NC(=O)c1ccnc(F)c1F. The van der Waals surface area contributed by atoms with Crippen molar-refractivity contribution >= 4 is 5.91 Å². The van der Waals surface area contributed by atoms with Crippen LogP contribution in [0.1, 0.15) is 37.6 Å². The van der Waals surface area contributed by atoms with Gasteiger partial charge in [0.05, 0.1) is 5.56 Å². The summed E-state index contributed by atoms with van der Waals surface area (Å²) < 4.78 is 26.1. The molecule has 0 saturated carbocycles. The van der Waals surface area contributed by atoms with Gasteiger partial charge in [0.1, 0.15) is 0 Å². The number of pyridine rings is 1. The highest BCUT2D eigenvalue weighted by Crippen LogP contribution is 2.11. The first kappa shape index (κ1) is 13.5. The molecular weight excluding hydrogens is 226 g/mol. The molecule has 2 atom stereocenters. The molecule has 0 saturated heterocycles. The van der Waals surface area contributed by atoms with Crippen molar-refractivity contribution in [3.63, 3.8) is 0 Å². The largest absolute Gasteiger partial charge is 0.349 e. The molecule has 0 spiro atoms. The number of carbonyl (C=O) groups excluding carboxylic acids is 1. The molecule has 1 aromatic rings. The molecule has 17 heavy (non-hydrogen) atoms. The number of rotatable bonds is 4. The summed E-state index contributed by atoms with van der Waals surface area (Å²) in [5, 5.41) is 2.64. The number of aromatic nitrogens is 1. The Bertz CT molecular complexity index is 409. The van der Waals surface area contributed by atoms with Gasteiger partial charge in [-0.3, -0.25) is 4.79 Å². The predicted molar refractivity (Wildman–Crippen MR) is 60.5 cm³/mol. The number of carbonyl (C=O) groups is 1. The molecule has 0 aliphatic carbocycles. The molecule has 1 aromatic heterocycles. The summed E-state index contributed by atoms with van der Waals surface area (Å²) >= 11 is 0. The van der Waals surface area contributed by atoms with Crippen LogP contribution >= 0.6 is 0 Å². The highest BCUT2D eigenvalue weighted by Gasteiger charge is 2.19. The normalized spacial score (nSPS) is 14.2. The van der Waals surface area contributed by atoms with Gasteiger partial charge in [-0.1, -0.05) is 20.3 Å². The summed E-state index contributed by atoms with van der Waals surface area (Å²) in [5.74, 6) is -2.81. The van der Waals surface area contributed by atoms with Gasteiger partial charge in [-0.25, -0.2) is 9.37 Å². The van der Waals surface area contributed by atoms with Crippen LogP contribution in [-0.2, 0) is 0 Å². The summed E-state index contributed by atoms with van der Waals surface area (Å²) in [6.45, 7) is 5.82. The fourth-order valence-electron chi connectivity index (χ4n) is 1.37. The topological polar surface area (TPSA) is 42.0 Å². The Balaban J connectivity index is 2.80. The van der Waals surface area contributed by atoms with Crippen LogP contribution in [0.5, 0.6) is 0 Å². The molecule has 1 N–H and O–H groups in total. The van der Waals surface area contributed by atoms with E-state index in [-0.39, 0.29) is 17.5 Å². The van der Waals surface area contributed by atoms with Crippen LogP contribution in [0.15, 0.2) is 12.3 Å². The van der Waals surface area contributed by atoms with E-state index >= 15 is 0 Å². The van der Waals surface area contributed by atoms with E-state index in [0.717, 1.165) is 18.7 Å². The summed E-state index contributed by atoms with van der Waals surface area (Å²) in [6, 6.07) is 1.07. The number of hydrogen-bond donors (Lipinski definition) is 1. The maximum Gasteiger partial charge on any atom is 0.254 e. The molecule has 2 unspecified atom stereocenters. The standard InChI is InChI=1S/C12H16F2N2O/c1-4-7(2)8(3)16-12(17)9-5-6-15-11(14)10(9)13/h5-8H,4H2,1-3H3,(H,16,17). The second-order valence-corrected chi connectivity index (χ2v) is 4.11. The lowest BCUT2D eigenvalue weighted by Gasteiger charge is -2.19. The Labute approximate surface area is 99.2 Å². The fraction of sp³-hybridized carbons (Fsp3) is 0.500. The minimum atomic E-state index is -1.26. The number of nitrogens with zero attached hydrogens (tertiary/aromatic N) is 1. The van der Waals surface area contributed by atoms with Gasteiger partial charge < -0.3 is 5.32 Å². The van der Waals surface area contributed by atoms with Gasteiger partial charge in [-0.15, -0.1) is 0 Å². The van der Waals surface area contributed by atoms with Crippen LogP contribution < -0.4 is 5.32 Å². The van der Waals surface area contributed by atoms with Crippen LogP contribution in [0.25, 0.3) is 0 Å². The van der Waals surface area contributed by atoms with E-state index in [0.29, 0.717) is 0 Å². The van der Waals surface area contributed by atoms with E-state index < -0.39 is 17.7 Å². The maximum absolute atomic E-state index is 13.3. The summed E-state index contributed by atoms with van der Waals surface area (Å²) in [5.41, 5.74) is -0.312. The summed E-state index contributed by atoms with van der Waals surface area (Å²) in [7, 11) is 0. The average molecular weight is 242 g/mol. The summed E-state index contributed by atoms with van der Waals surface area (Å²) in [6.07, 6.45) is 1.97. The number of nitrogens with one attached hydrogen (secondary N) is 1. The minimum Gasteiger partial charge on any atom is -0.349 e. The first-order chi connectivity index (χ1) is 7.97. The third kappa shape index (κ3) is 3.22. The van der Waals surface area contributed by atoms with Crippen molar-refractivity contribution in [3.05, 3.63) is 29.6 Å². The molecule has 94 valence electrons. The Morgan fingerprint density at radius 3 is 2.71 bits per heavy atom. The first-order valence-corrected chi connectivity index (χ1v) is 5.58. The molecule has 0 radical (unpaired) electrons. The molecule has 0 fully saturated rings. The zero-order valence-corrected chi connectivity index (χ0v) is 10.1. The monoisotopic (exact) mass is 242 g/mol. The second kappa shape index (κ2) is 5.70. The predicted octanol–water partition coefficient (Wildman–Crippen LogP) is 2.52. The zero-order chi connectivity index (χ0) is 13.0. The smallest absolute Gasteiger partial charge is 0.254 e. The molecule has 0 aliphatic rings. The molecule has 5 heteroatoms. The van der Waals surface area contributed by atoms with Gasteiger partial charge in [0, 0.05) is 12.2 Å². The van der Waals surface area contributed by atoms with Gasteiger partial charge in [0.25, 0.3) is 5.91 Å². The molecule has 1 rings (SSSR count). The van der Waals surface area contributed by atoms with Crippen molar-refractivity contribution in [1.82, 2.24) is 10.3 Å². The van der Waals surface area contributed by atoms with Crippen molar-refractivity contribution < 1.29 is 13.6 Å². The third-order valence-corrected chi connectivity index (χ3v) is 2.95. The van der Waals surface area contributed by atoms with Crippen LogP contribution in [0, 0.1) is 17.7 Å². The van der Waals surface area contributed by atoms with Crippen LogP contribution in [0.4, 0.5) is 8.78 Å². The van der Waals surface area contributed by atoms with Gasteiger partial charge in [0.15, 0.2) is 5.82 Å². The van der Waals surface area contributed by atoms with Gasteiger partial charge >= 0.3 is 0 Å². The van der Waals surface area contributed by atoms with Crippen molar-refractivity contribution in [3.8, 4) is 0 Å². The lowest BCUT2D eigenvalue weighted by molar-refractivity contribution is 0.0922. The molecule has 0 aromatic carbocycles. The zero-order valence-electron chi connectivity index (χ0n) is 10.1. The second-order valence-electron chi connectivity index (χ2n) is 4.11. The van der Waals surface area contributed by atoms with Crippen LogP contribution in [0.3, 0.4) is 0 Å². The number of hydrogen-bond acceptors (Lipinski definition) is 2. The number of halogens is 2. The van der Waals surface area contributed by atoms with E-state index in [9.17, 15) is 13.6 Å². The van der Waals surface area contributed by atoms with Crippen molar-refractivity contribution in [2.24, 2.45) is 5.92 Å². The highest BCUT2D eigenvalue weighted by atomic mass is 19.2. The molecule has 0 bridgehead atoms. The van der Waals surface area contributed by atoms with E-state index in [2.05, 4.69) is 10.3 Å². The fourth-order valence-corrected chi connectivity index (χ4v) is 1.37. The number of amides is 1. The Kier molecular flexibility index (Phi) is 4.54. The van der Waals surface area contributed by atoms with Gasteiger partial charge in [0.2, 0.25) is 5.95 Å². The Morgan fingerprint density at radius 1 is 1.47 bits per heavy atom.